The molecule has 0 bridgehead atoms. The van der Waals surface area contributed by atoms with Crippen LogP contribution in [0.2, 0.25) is 0 Å². The summed E-state index contributed by atoms with van der Waals surface area (Å²) in [5.41, 5.74) is 10.8. The Kier molecular flexibility index (Phi) is 5.36. The zero-order valence-electron chi connectivity index (χ0n) is 19.8. The molecule has 0 atom stereocenters. The van der Waals surface area contributed by atoms with Gasteiger partial charge in [-0.25, -0.2) is 4.98 Å². The van der Waals surface area contributed by atoms with Crippen molar-refractivity contribution in [2.24, 2.45) is 11.8 Å². The number of nitrogen functional groups attached to an aromatic ring is 1. The number of aromatic nitrogens is 6. The lowest BCUT2D eigenvalue weighted by Gasteiger charge is -2.26. The highest BCUT2D eigenvalue weighted by Crippen LogP contribution is 2.34. The minimum atomic E-state index is -0.167. The molecule has 0 amide bonds. The van der Waals surface area contributed by atoms with E-state index in [1.54, 1.807) is 16.9 Å². The van der Waals surface area contributed by atoms with E-state index < -0.39 is 0 Å². The molecule has 178 valence electrons. The first-order valence-corrected chi connectivity index (χ1v) is 12.8. The van der Waals surface area contributed by atoms with Gasteiger partial charge in [0.2, 0.25) is 0 Å². The first-order valence-electron chi connectivity index (χ1n) is 12.0. The number of aryl methyl sites for hydroxylation is 1. The smallest absolute Gasteiger partial charge is 0.290 e. The first-order chi connectivity index (χ1) is 16.9. The van der Waals surface area contributed by atoms with Gasteiger partial charge in [-0.3, -0.25) is 9.78 Å². The summed E-state index contributed by atoms with van der Waals surface area (Å²) in [7, 11) is 0. The lowest BCUT2D eigenvalue weighted by atomic mass is 9.83. The molecule has 1 aliphatic rings. The Morgan fingerprint density at radius 1 is 1.09 bits per heavy atom. The summed E-state index contributed by atoms with van der Waals surface area (Å²) >= 11 is 1.48. The molecule has 5 aromatic heterocycles. The van der Waals surface area contributed by atoms with Crippen LogP contribution >= 0.6 is 11.3 Å². The van der Waals surface area contributed by atoms with E-state index >= 15 is 0 Å². The number of nitrogens with two attached hydrogens (primary N) is 1. The van der Waals surface area contributed by atoms with E-state index in [0.717, 1.165) is 39.8 Å². The maximum atomic E-state index is 12.5. The van der Waals surface area contributed by atoms with Crippen molar-refractivity contribution in [2.45, 2.75) is 46.1 Å². The van der Waals surface area contributed by atoms with Crippen LogP contribution < -0.4 is 11.3 Å². The van der Waals surface area contributed by atoms with Crippen LogP contribution in [0.15, 0.2) is 47.7 Å². The third kappa shape index (κ3) is 4.10. The van der Waals surface area contributed by atoms with Crippen LogP contribution in [-0.2, 0) is 6.54 Å². The molecular formula is C26H27N7OS. The van der Waals surface area contributed by atoms with Crippen LogP contribution in [0.5, 0.6) is 0 Å². The predicted molar refractivity (Wildman–Crippen MR) is 139 cm³/mol. The third-order valence-electron chi connectivity index (χ3n) is 7.01. The molecule has 8 nitrogen and oxygen atoms in total. The largest absolute Gasteiger partial charge is 0.384 e. The van der Waals surface area contributed by atoms with E-state index in [4.69, 9.17) is 5.73 Å². The fraction of sp³-hybridized carbons (Fsp3) is 0.346. The number of pyridine rings is 1. The maximum Gasteiger partial charge on any atom is 0.290 e. The second-order valence-corrected chi connectivity index (χ2v) is 10.8. The lowest BCUT2D eigenvalue weighted by Crippen LogP contribution is -2.19. The van der Waals surface area contributed by atoms with Crippen LogP contribution in [0.4, 0.5) is 5.82 Å². The van der Waals surface area contributed by atoms with Gasteiger partial charge >= 0.3 is 0 Å². The molecule has 5 heterocycles. The summed E-state index contributed by atoms with van der Waals surface area (Å²) in [5.74, 6) is 2.00. The molecule has 0 unspecified atom stereocenters. The molecule has 0 aromatic carbocycles. The van der Waals surface area contributed by atoms with Crippen molar-refractivity contribution in [3.8, 4) is 21.8 Å². The average molecular weight is 486 g/mol. The van der Waals surface area contributed by atoms with Crippen LogP contribution in [0.3, 0.4) is 0 Å². The number of anilines is 1. The molecule has 0 radical (unpaired) electrons. The topological polar surface area (TPSA) is 104 Å². The van der Waals surface area contributed by atoms with Crippen molar-refractivity contribution in [1.82, 2.24) is 29.1 Å². The van der Waals surface area contributed by atoms with Gasteiger partial charge in [-0.15, -0.1) is 11.3 Å². The van der Waals surface area contributed by atoms with Crippen molar-refractivity contribution in [3.63, 3.8) is 0 Å². The number of hydrogen-bond acceptors (Lipinski definition) is 7. The van der Waals surface area contributed by atoms with Crippen LogP contribution in [-0.4, -0.2) is 29.1 Å². The van der Waals surface area contributed by atoms with E-state index in [1.807, 2.05) is 31.3 Å². The quantitative estimate of drug-likeness (QED) is 0.386. The summed E-state index contributed by atoms with van der Waals surface area (Å²) in [4.78, 5) is 26.8. The molecule has 1 fully saturated rings. The summed E-state index contributed by atoms with van der Waals surface area (Å²) in [5, 5.41) is 4.56. The highest BCUT2D eigenvalue weighted by molar-refractivity contribution is 7.22. The van der Waals surface area contributed by atoms with Crippen molar-refractivity contribution in [2.75, 3.05) is 5.73 Å². The molecule has 0 spiro atoms. The van der Waals surface area contributed by atoms with E-state index in [9.17, 15) is 4.79 Å². The van der Waals surface area contributed by atoms with Gasteiger partial charge in [0, 0.05) is 41.0 Å². The average Bonchev–Trinajstić information content (AvgIpc) is 3.48. The fourth-order valence-electron chi connectivity index (χ4n) is 5.01. The molecule has 35 heavy (non-hydrogen) atoms. The van der Waals surface area contributed by atoms with E-state index in [-0.39, 0.29) is 5.56 Å². The summed E-state index contributed by atoms with van der Waals surface area (Å²) in [6.45, 7) is 5.15. The van der Waals surface area contributed by atoms with Gasteiger partial charge in [-0.05, 0) is 49.8 Å². The number of hydrogen-bond donors (Lipinski definition) is 1. The summed E-state index contributed by atoms with van der Waals surface area (Å²) in [6.07, 6.45) is 8.58. The van der Waals surface area contributed by atoms with Crippen molar-refractivity contribution in [1.29, 1.82) is 0 Å². The Bertz CT molecular complexity index is 1590. The van der Waals surface area contributed by atoms with E-state index in [0.29, 0.717) is 27.8 Å². The van der Waals surface area contributed by atoms with Crippen LogP contribution in [0, 0.1) is 18.8 Å². The normalized spacial score (nSPS) is 18.5. The number of fused-ring (bicyclic) bond motifs is 2. The number of rotatable bonds is 4. The second kappa shape index (κ2) is 8.57. The Labute approximate surface area is 206 Å². The lowest BCUT2D eigenvalue weighted by molar-refractivity contribution is 0.266. The first kappa shape index (κ1) is 21.9. The highest BCUT2D eigenvalue weighted by atomic mass is 32.1. The maximum absolute atomic E-state index is 12.5. The number of nitrogens with zero attached hydrogens (tertiary/aromatic N) is 6. The van der Waals surface area contributed by atoms with Crippen LogP contribution in [0.1, 0.15) is 38.3 Å². The van der Waals surface area contributed by atoms with Gasteiger partial charge in [0.05, 0.1) is 17.5 Å². The minimum Gasteiger partial charge on any atom is -0.384 e. The highest BCUT2D eigenvalue weighted by Gasteiger charge is 2.20. The molecular weight excluding hydrogens is 458 g/mol. The molecule has 6 rings (SSSR count). The summed E-state index contributed by atoms with van der Waals surface area (Å²) < 4.78 is 4.49. The second-order valence-electron chi connectivity index (χ2n) is 9.71. The van der Waals surface area contributed by atoms with Crippen LogP contribution in [0.25, 0.3) is 37.7 Å². The molecule has 0 saturated heterocycles. The molecule has 5 aromatic rings. The van der Waals surface area contributed by atoms with Crippen molar-refractivity contribution in [3.05, 3.63) is 58.9 Å². The number of thiophene rings is 1. The Balaban J connectivity index is 1.31. The predicted octanol–water partition coefficient (Wildman–Crippen LogP) is 4.95. The van der Waals surface area contributed by atoms with Gasteiger partial charge < -0.3 is 10.3 Å². The van der Waals surface area contributed by atoms with Gasteiger partial charge in [-0.2, -0.15) is 14.6 Å². The standard InChI is InChI=1S/C26H27N7OS/c1-15-3-5-17(6-4-15)13-32-14-29-26(34)25-21(32)11-22(35-25)18-7-8-19(28-12-18)20-10-24-30-16(2)9-23(27)33(24)31-20/h7-12,14-15,17H,3-6,13,27H2,1-2H3/t15-,17-. The van der Waals surface area contributed by atoms with Crippen molar-refractivity contribution >= 4 is 33.0 Å². The SMILES string of the molecule is Cc1cc(N)n2nc(-c3ccc(-c4cc5c(s4)c(=O)ncn5C[C@H]4CC[C@H](C)CC4)cn3)cc2n1. The van der Waals surface area contributed by atoms with Gasteiger partial charge in [0.15, 0.2) is 5.65 Å². The third-order valence-corrected chi connectivity index (χ3v) is 8.18. The molecule has 0 aliphatic heterocycles. The fourth-order valence-corrected chi connectivity index (χ4v) is 6.06. The zero-order chi connectivity index (χ0) is 24.1. The Morgan fingerprint density at radius 2 is 1.91 bits per heavy atom. The molecule has 1 saturated carbocycles. The molecule has 9 heteroatoms. The van der Waals surface area contributed by atoms with E-state index in [2.05, 4.69) is 37.6 Å². The Morgan fingerprint density at radius 3 is 2.69 bits per heavy atom. The monoisotopic (exact) mass is 485 g/mol. The van der Waals surface area contributed by atoms with Gasteiger partial charge in [0.1, 0.15) is 16.2 Å². The molecule has 2 N–H and O–H groups in total. The van der Waals surface area contributed by atoms with Crippen molar-refractivity contribution < 1.29 is 0 Å². The Hall–Kier alpha value is -3.59. The van der Waals surface area contributed by atoms with E-state index in [1.165, 1.54) is 37.0 Å². The van der Waals surface area contributed by atoms with Gasteiger partial charge in [-0.1, -0.05) is 19.8 Å². The zero-order valence-corrected chi connectivity index (χ0v) is 20.6. The molecule has 1 aliphatic carbocycles. The summed E-state index contributed by atoms with van der Waals surface area (Å²) in [6, 6.07) is 9.74. The van der Waals surface area contributed by atoms with Gasteiger partial charge in [0.25, 0.3) is 5.56 Å². The minimum absolute atomic E-state index is 0.167.